The van der Waals surface area contributed by atoms with Crippen LogP contribution in [-0.2, 0) is 6.54 Å². The van der Waals surface area contributed by atoms with Crippen molar-refractivity contribution in [2.45, 2.75) is 6.54 Å². The first kappa shape index (κ1) is 15.5. The number of phenolic OH excluding ortho intramolecular Hbond substituents is 1. The third-order valence-electron chi connectivity index (χ3n) is 3.27. The van der Waals surface area contributed by atoms with Gasteiger partial charge in [-0.15, -0.1) is 11.3 Å². The number of phenols is 1. The monoisotopic (exact) mass is 344 g/mol. The molecule has 0 bridgehead atoms. The predicted molar refractivity (Wildman–Crippen MR) is 92.4 cm³/mol. The van der Waals surface area contributed by atoms with Crippen molar-refractivity contribution in [1.29, 1.82) is 0 Å². The van der Waals surface area contributed by atoms with Crippen molar-refractivity contribution in [2.75, 3.05) is 5.32 Å². The standard InChI is InChI=1S/C17H13ClN2O2S/c18-17-20-10-15(23-17)9-19-13-5-1-11(2-6-13)16(22)12-3-7-14(21)8-4-12/h1-8,10,19,21H,9H2. The molecule has 0 atom stereocenters. The second-order valence-electron chi connectivity index (χ2n) is 4.89. The van der Waals surface area contributed by atoms with E-state index in [4.69, 9.17) is 11.6 Å². The lowest BCUT2D eigenvalue weighted by Crippen LogP contribution is -2.02. The number of hydrogen-bond acceptors (Lipinski definition) is 5. The molecule has 0 radical (unpaired) electrons. The molecule has 6 heteroatoms. The summed E-state index contributed by atoms with van der Waals surface area (Å²) in [6.45, 7) is 0.635. The second kappa shape index (κ2) is 6.81. The van der Waals surface area contributed by atoms with Crippen LogP contribution < -0.4 is 5.32 Å². The molecule has 4 nitrogen and oxygen atoms in total. The summed E-state index contributed by atoms with van der Waals surface area (Å²) in [5, 5.41) is 12.5. The van der Waals surface area contributed by atoms with E-state index in [2.05, 4.69) is 10.3 Å². The minimum Gasteiger partial charge on any atom is -0.508 e. The first-order valence-electron chi connectivity index (χ1n) is 6.90. The highest BCUT2D eigenvalue weighted by Crippen LogP contribution is 2.20. The number of carbonyl (C=O) groups is 1. The van der Waals surface area contributed by atoms with Gasteiger partial charge in [0.2, 0.25) is 0 Å². The zero-order valence-electron chi connectivity index (χ0n) is 12.0. The van der Waals surface area contributed by atoms with E-state index >= 15 is 0 Å². The third kappa shape index (κ3) is 3.88. The predicted octanol–water partition coefficient (Wildman–Crippen LogP) is 4.35. The van der Waals surface area contributed by atoms with Gasteiger partial charge in [-0.25, -0.2) is 4.98 Å². The number of aromatic hydroxyl groups is 1. The number of rotatable bonds is 5. The lowest BCUT2D eigenvalue weighted by molar-refractivity contribution is 0.103. The maximum Gasteiger partial charge on any atom is 0.193 e. The SMILES string of the molecule is O=C(c1ccc(O)cc1)c1ccc(NCc2cnc(Cl)s2)cc1. The van der Waals surface area contributed by atoms with Gasteiger partial charge in [-0.3, -0.25) is 4.79 Å². The molecule has 2 aromatic carbocycles. The van der Waals surface area contributed by atoms with Crippen molar-refractivity contribution in [2.24, 2.45) is 0 Å². The minimum absolute atomic E-state index is 0.0780. The van der Waals surface area contributed by atoms with Crippen LogP contribution in [0.5, 0.6) is 5.75 Å². The Morgan fingerprint density at radius 3 is 2.26 bits per heavy atom. The number of hydrogen-bond donors (Lipinski definition) is 2. The molecule has 0 aliphatic rings. The molecule has 0 fully saturated rings. The van der Waals surface area contributed by atoms with Crippen molar-refractivity contribution in [3.63, 3.8) is 0 Å². The van der Waals surface area contributed by atoms with Crippen molar-refractivity contribution < 1.29 is 9.90 Å². The topological polar surface area (TPSA) is 62.2 Å². The van der Waals surface area contributed by atoms with Crippen molar-refractivity contribution in [1.82, 2.24) is 4.98 Å². The van der Waals surface area contributed by atoms with Crippen LogP contribution in [0.1, 0.15) is 20.8 Å². The summed E-state index contributed by atoms with van der Waals surface area (Å²) in [6.07, 6.45) is 1.74. The lowest BCUT2D eigenvalue weighted by atomic mass is 10.0. The molecule has 116 valence electrons. The van der Waals surface area contributed by atoms with E-state index in [1.54, 1.807) is 30.5 Å². The number of anilines is 1. The Balaban J connectivity index is 1.66. The molecule has 3 aromatic rings. The van der Waals surface area contributed by atoms with Gasteiger partial charge in [0.1, 0.15) is 5.75 Å². The molecule has 0 spiro atoms. The van der Waals surface area contributed by atoms with Crippen LogP contribution in [0.3, 0.4) is 0 Å². The van der Waals surface area contributed by atoms with E-state index in [9.17, 15) is 9.90 Å². The van der Waals surface area contributed by atoms with E-state index in [0.29, 0.717) is 22.1 Å². The molecule has 0 aliphatic heterocycles. The fourth-order valence-electron chi connectivity index (χ4n) is 2.07. The Morgan fingerprint density at radius 1 is 1.09 bits per heavy atom. The van der Waals surface area contributed by atoms with Crippen LogP contribution in [0.15, 0.2) is 54.7 Å². The van der Waals surface area contributed by atoms with Crippen molar-refractivity contribution in [3.05, 3.63) is 75.2 Å². The molecule has 1 heterocycles. The summed E-state index contributed by atoms with van der Waals surface area (Å²) in [4.78, 5) is 17.4. The van der Waals surface area contributed by atoms with Gasteiger partial charge in [0.25, 0.3) is 0 Å². The van der Waals surface area contributed by atoms with Gasteiger partial charge in [-0.05, 0) is 48.5 Å². The van der Waals surface area contributed by atoms with Gasteiger partial charge in [-0.2, -0.15) is 0 Å². The summed E-state index contributed by atoms with van der Waals surface area (Å²) in [5.41, 5.74) is 2.06. The van der Waals surface area contributed by atoms with E-state index in [1.165, 1.54) is 23.5 Å². The van der Waals surface area contributed by atoms with Crippen LogP contribution in [0.2, 0.25) is 4.47 Å². The zero-order valence-corrected chi connectivity index (χ0v) is 13.6. The third-order valence-corrected chi connectivity index (χ3v) is 4.38. The number of aromatic nitrogens is 1. The van der Waals surface area contributed by atoms with E-state index < -0.39 is 0 Å². The summed E-state index contributed by atoms with van der Waals surface area (Å²) in [5.74, 6) is 0.0649. The molecular formula is C17H13ClN2O2S. The quantitative estimate of drug-likeness (QED) is 0.676. The Labute approximate surface area is 142 Å². The number of halogens is 1. The number of thiazole rings is 1. The average molecular weight is 345 g/mol. The highest BCUT2D eigenvalue weighted by Gasteiger charge is 2.09. The fraction of sp³-hybridized carbons (Fsp3) is 0.0588. The van der Waals surface area contributed by atoms with Gasteiger partial charge in [0.05, 0.1) is 6.54 Å². The molecule has 0 saturated carbocycles. The maximum atomic E-state index is 12.3. The number of carbonyl (C=O) groups excluding carboxylic acids is 1. The van der Waals surface area contributed by atoms with Gasteiger partial charge < -0.3 is 10.4 Å². The lowest BCUT2D eigenvalue weighted by Gasteiger charge is -2.06. The van der Waals surface area contributed by atoms with Crippen LogP contribution in [0.25, 0.3) is 0 Å². The van der Waals surface area contributed by atoms with Gasteiger partial charge >= 0.3 is 0 Å². The summed E-state index contributed by atoms with van der Waals surface area (Å²) < 4.78 is 0.525. The van der Waals surface area contributed by atoms with Crippen molar-refractivity contribution in [3.8, 4) is 5.75 Å². The minimum atomic E-state index is -0.0780. The zero-order chi connectivity index (χ0) is 16.2. The highest BCUT2D eigenvalue weighted by atomic mass is 35.5. The molecule has 0 unspecified atom stereocenters. The molecule has 0 saturated heterocycles. The number of benzene rings is 2. The summed E-state index contributed by atoms with van der Waals surface area (Å²) >= 11 is 7.22. The maximum absolute atomic E-state index is 12.3. The molecule has 0 aliphatic carbocycles. The number of nitrogens with zero attached hydrogens (tertiary/aromatic N) is 1. The molecule has 1 aromatic heterocycles. The average Bonchev–Trinajstić information content (AvgIpc) is 2.99. The Kier molecular flexibility index (Phi) is 4.60. The Bertz CT molecular complexity index is 813. The summed E-state index contributed by atoms with van der Waals surface area (Å²) in [7, 11) is 0. The van der Waals surface area contributed by atoms with Crippen LogP contribution in [-0.4, -0.2) is 15.9 Å². The molecule has 0 amide bonds. The first-order valence-corrected chi connectivity index (χ1v) is 8.09. The van der Waals surface area contributed by atoms with E-state index in [1.807, 2.05) is 12.1 Å². The number of nitrogens with one attached hydrogen (secondary N) is 1. The summed E-state index contributed by atoms with van der Waals surface area (Å²) in [6, 6.07) is 13.5. The Hall–Kier alpha value is -2.37. The van der Waals surface area contributed by atoms with Crippen LogP contribution in [0, 0.1) is 0 Å². The van der Waals surface area contributed by atoms with E-state index in [0.717, 1.165) is 10.6 Å². The van der Waals surface area contributed by atoms with Crippen molar-refractivity contribution >= 4 is 34.4 Å². The smallest absolute Gasteiger partial charge is 0.193 e. The normalized spacial score (nSPS) is 10.5. The molecule has 23 heavy (non-hydrogen) atoms. The first-order chi connectivity index (χ1) is 11.1. The van der Waals surface area contributed by atoms with Gasteiger partial charge in [0, 0.05) is 27.9 Å². The van der Waals surface area contributed by atoms with Crippen LogP contribution >= 0.6 is 22.9 Å². The fourth-order valence-corrected chi connectivity index (χ4v) is 2.99. The van der Waals surface area contributed by atoms with E-state index in [-0.39, 0.29) is 11.5 Å². The highest BCUT2D eigenvalue weighted by molar-refractivity contribution is 7.15. The number of ketones is 1. The van der Waals surface area contributed by atoms with Gasteiger partial charge in [0.15, 0.2) is 10.3 Å². The van der Waals surface area contributed by atoms with Gasteiger partial charge in [-0.1, -0.05) is 11.6 Å². The molecule has 2 N–H and O–H groups in total. The molecular weight excluding hydrogens is 332 g/mol. The largest absolute Gasteiger partial charge is 0.508 e. The Morgan fingerprint density at radius 2 is 1.70 bits per heavy atom. The molecule has 3 rings (SSSR count). The van der Waals surface area contributed by atoms with Crippen LogP contribution in [0.4, 0.5) is 5.69 Å². The second-order valence-corrected chi connectivity index (χ2v) is 6.58.